The molecule has 1 aliphatic heterocycles. The van der Waals surface area contributed by atoms with Gasteiger partial charge in [0.1, 0.15) is 18.0 Å². The lowest BCUT2D eigenvalue weighted by Gasteiger charge is -2.23. The van der Waals surface area contributed by atoms with E-state index >= 15 is 0 Å². The van der Waals surface area contributed by atoms with Crippen molar-refractivity contribution in [2.45, 2.75) is 25.9 Å². The van der Waals surface area contributed by atoms with E-state index in [0.29, 0.717) is 11.5 Å². The Morgan fingerprint density at radius 1 is 1.25 bits per heavy atom. The Morgan fingerprint density at radius 2 is 2.17 bits per heavy atom. The molecule has 0 amide bonds. The van der Waals surface area contributed by atoms with Gasteiger partial charge in [-0.3, -0.25) is 0 Å². The van der Waals surface area contributed by atoms with Crippen molar-refractivity contribution >= 4 is 11.3 Å². The van der Waals surface area contributed by atoms with Crippen LogP contribution in [0.5, 0.6) is 0 Å². The Kier molecular flexibility index (Phi) is 4.40. The first-order valence-electron chi connectivity index (χ1n) is 8.20. The zero-order valence-corrected chi connectivity index (χ0v) is 14.1. The van der Waals surface area contributed by atoms with Gasteiger partial charge >= 0.3 is 0 Å². The van der Waals surface area contributed by atoms with Crippen molar-refractivity contribution in [3.8, 4) is 10.4 Å². The number of aryl methyl sites for hydroxylation is 1. The van der Waals surface area contributed by atoms with Gasteiger partial charge < -0.3 is 9.88 Å². The van der Waals surface area contributed by atoms with E-state index in [4.69, 9.17) is 0 Å². The van der Waals surface area contributed by atoms with Gasteiger partial charge in [-0.1, -0.05) is 18.2 Å². The smallest absolute Gasteiger partial charge is 0.132 e. The summed E-state index contributed by atoms with van der Waals surface area (Å²) >= 11 is 1.65. The van der Waals surface area contributed by atoms with Crippen LogP contribution in [0.1, 0.15) is 17.1 Å². The standard InChI is InChI=1S/C18H19FN4S/c19-16-4-2-1-3-15(16)17-7-6-14(24-17)10-20-9-13-5-8-18-22-21-12-23(18)11-13/h1-4,6-7,12-13,20H,5,8-11H2/t13-/m1/s1. The molecule has 3 aromatic rings. The molecule has 1 N–H and O–H groups in total. The predicted octanol–water partition coefficient (Wildman–Crippen LogP) is 3.50. The van der Waals surface area contributed by atoms with E-state index in [-0.39, 0.29) is 5.82 Å². The third-order valence-corrected chi connectivity index (χ3v) is 5.58. The molecule has 1 aliphatic rings. The Labute approximate surface area is 144 Å². The van der Waals surface area contributed by atoms with Crippen LogP contribution in [0.15, 0.2) is 42.7 Å². The van der Waals surface area contributed by atoms with Crippen molar-refractivity contribution in [2.75, 3.05) is 6.54 Å². The first kappa shape index (κ1) is 15.5. The Morgan fingerprint density at radius 3 is 3.08 bits per heavy atom. The fraction of sp³-hybridized carbons (Fsp3) is 0.333. The summed E-state index contributed by atoms with van der Waals surface area (Å²) in [6.07, 6.45) is 3.97. The van der Waals surface area contributed by atoms with Gasteiger partial charge in [0, 0.05) is 41.4 Å². The molecule has 124 valence electrons. The normalized spacial score (nSPS) is 17.0. The number of rotatable bonds is 5. The molecule has 1 atom stereocenters. The van der Waals surface area contributed by atoms with Gasteiger partial charge in [0.25, 0.3) is 0 Å². The van der Waals surface area contributed by atoms with Crippen LogP contribution in [0.2, 0.25) is 0 Å². The highest BCUT2D eigenvalue weighted by molar-refractivity contribution is 7.15. The molecule has 3 heterocycles. The van der Waals surface area contributed by atoms with Gasteiger partial charge in [0.15, 0.2) is 0 Å². The van der Waals surface area contributed by atoms with E-state index in [1.165, 1.54) is 10.9 Å². The zero-order chi connectivity index (χ0) is 16.4. The fourth-order valence-electron chi connectivity index (χ4n) is 3.17. The number of nitrogens with one attached hydrogen (secondary N) is 1. The lowest BCUT2D eigenvalue weighted by molar-refractivity contribution is 0.348. The molecule has 4 nitrogen and oxygen atoms in total. The molecule has 0 radical (unpaired) electrons. The molecule has 24 heavy (non-hydrogen) atoms. The van der Waals surface area contributed by atoms with Crippen LogP contribution in [0.4, 0.5) is 4.39 Å². The molecule has 0 bridgehead atoms. The maximum absolute atomic E-state index is 13.9. The minimum absolute atomic E-state index is 0.161. The number of benzene rings is 1. The summed E-state index contributed by atoms with van der Waals surface area (Å²) in [6.45, 7) is 2.79. The molecule has 0 unspecified atom stereocenters. The third-order valence-electron chi connectivity index (χ3n) is 4.46. The SMILES string of the molecule is Fc1ccccc1-c1ccc(CNC[C@H]2CCc3nncn3C2)s1. The van der Waals surface area contributed by atoms with Crippen LogP contribution >= 0.6 is 11.3 Å². The molecule has 4 rings (SSSR count). The van der Waals surface area contributed by atoms with Gasteiger partial charge in [-0.25, -0.2) is 4.39 Å². The topological polar surface area (TPSA) is 42.7 Å². The second-order valence-electron chi connectivity index (χ2n) is 6.18. The number of nitrogens with zero attached hydrogens (tertiary/aromatic N) is 3. The molecule has 0 saturated heterocycles. The summed E-state index contributed by atoms with van der Waals surface area (Å²) in [7, 11) is 0. The molecular weight excluding hydrogens is 323 g/mol. The van der Waals surface area contributed by atoms with E-state index < -0.39 is 0 Å². The number of fused-ring (bicyclic) bond motifs is 1. The second-order valence-corrected chi connectivity index (χ2v) is 7.35. The highest BCUT2D eigenvalue weighted by atomic mass is 32.1. The number of aromatic nitrogens is 3. The first-order valence-corrected chi connectivity index (χ1v) is 9.02. The lowest BCUT2D eigenvalue weighted by Crippen LogP contribution is -2.29. The molecule has 0 saturated carbocycles. The van der Waals surface area contributed by atoms with Gasteiger partial charge in [0.2, 0.25) is 0 Å². The largest absolute Gasteiger partial charge is 0.317 e. The Bertz CT molecular complexity index is 826. The minimum atomic E-state index is -0.161. The van der Waals surface area contributed by atoms with Crippen molar-refractivity contribution in [1.82, 2.24) is 20.1 Å². The lowest BCUT2D eigenvalue weighted by atomic mass is 9.99. The summed E-state index contributed by atoms with van der Waals surface area (Å²) in [6, 6.07) is 11.0. The van der Waals surface area contributed by atoms with Gasteiger partial charge in [0.05, 0.1) is 0 Å². The van der Waals surface area contributed by atoms with E-state index in [0.717, 1.165) is 43.2 Å². The number of hydrogen-bond donors (Lipinski definition) is 1. The maximum atomic E-state index is 13.9. The molecule has 6 heteroatoms. The fourth-order valence-corrected chi connectivity index (χ4v) is 4.18. The van der Waals surface area contributed by atoms with Crippen molar-refractivity contribution in [3.05, 3.63) is 59.2 Å². The quantitative estimate of drug-likeness (QED) is 0.772. The van der Waals surface area contributed by atoms with Crippen molar-refractivity contribution in [3.63, 3.8) is 0 Å². The summed E-state index contributed by atoms with van der Waals surface area (Å²) in [4.78, 5) is 2.21. The predicted molar refractivity (Wildman–Crippen MR) is 93.3 cm³/mol. The summed E-state index contributed by atoms with van der Waals surface area (Å²) in [5.41, 5.74) is 0.682. The van der Waals surface area contributed by atoms with Gasteiger partial charge in [-0.2, -0.15) is 0 Å². The third kappa shape index (κ3) is 3.25. The van der Waals surface area contributed by atoms with Crippen molar-refractivity contribution in [2.24, 2.45) is 5.92 Å². The van der Waals surface area contributed by atoms with Crippen LogP contribution in [-0.4, -0.2) is 21.3 Å². The zero-order valence-electron chi connectivity index (χ0n) is 13.3. The Balaban J connectivity index is 1.32. The molecule has 2 aromatic heterocycles. The van der Waals surface area contributed by atoms with Crippen molar-refractivity contribution < 1.29 is 4.39 Å². The Hall–Kier alpha value is -2.05. The molecular formula is C18H19FN4S. The van der Waals surface area contributed by atoms with Crippen LogP contribution in [-0.2, 0) is 19.5 Å². The second kappa shape index (κ2) is 6.83. The van der Waals surface area contributed by atoms with E-state index in [1.807, 2.05) is 24.5 Å². The summed E-state index contributed by atoms with van der Waals surface area (Å²) in [5, 5.41) is 11.6. The van der Waals surface area contributed by atoms with Crippen LogP contribution in [0, 0.1) is 11.7 Å². The highest BCUT2D eigenvalue weighted by Crippen LogP contribution is 2.30. The number of hydrogen-bond acceptors (Lipinski definition) is 4. The molecule has 0 fully saturated rings. The first-order chi connectivity index (χ1) is 11.8. The van der Waals surface area contributed by atoms with Crippen LogP contribution < -0.4 is 5.32 Å². The molecule has 0 spiro atoms. The van der Waals surface area contributed by atoms with E-state index in [1.54, 1.807) is 17.4 Å². The maximum Gasteiger partial charge on any atom is 0.132 e. The highest BCUT2D eigenvalue weighted by Gasteiger charge is 2.19. The van der Waals surface area contributed by atoms with E-state index in [9.17, 15) is 4.39 Å². The molecule has 1 aromatic carbocycles. The van der Waals surface area contributed by atoms with E-state index in [2.05, 4.69) is 26.1 Å². The van der Waals surface area contributed by atoms with Crippen LogP contribution in [0.25, 0.3) is 10.4 Å². The average molecular weight is 342 g/mol. The minimum Gasteiger partial charge on any atom is -0.317 e. The van der Waals surface area contributed by atoms with Gasteiger partial charge in [-0.05, 0) is 30.5 Å². The van der Waals surface area contributed by atoms with Crippen molar-refractivity contribution in [1.29, 1.82) is 0 Å². The number of thiophene rings is 1. The summed E-state index contributed by atoms with van der Waals surface area (Å²) in [5.74, 6) is 1.55. The average Bonchev–Trinajstić information content (AvgIpc) is 3.24. The monoisotopic (exact) mass is 342 g/mol. The number of halogens is 1. The molecule has 0 aliphatic carbocycles. The van der Waals surface area contributed by atoms with Crippen LogP contribution in [0.3, 0.4) is 0 Å². The van der Waals surface area contributed by atoms with Gasteiger partial charge in [-0.15, -0.1) is 21.5 Å². The summed E-state index contributed by atoms with van der Waals surface area (Å²) < 4.78 is 16.0.